The van der Waals surface area contributed by atoms with Crippen molar-refractivity contribution in [3.8, 4) is 5.75 Å². The van der Waals surface area contributed by atoms with Crippen LogP contribution in [0.1, 0.15) is 31.7 Å². The van der Waals surface area contributed by atoms with Crippen molar-refractivity contribution in [2.75, 3.05) is 6.61 Å². The summed E-state index contributed by atoms with van der Waals surface area (Å²) < 4.78 is 5.29. The van der Waals surface area contributed by atoms with E-state index in [4.69, 9.17) is 9.84 Å². The molecule has 0 bridgehead atoms. The van der Waals surface area contributed by atoms with Crippen molar-refractivity contribution in [3.05, 3.63) is 29.8 Å². The van der Waals surface area contributed by atoms with Crippen LogP contribution in [-0.4, -0.2) is 17.7 Å². The molecule has 0 saturated carbocycles. The standard InChI is InChI=1S/C12H16O3/c1-3-11(12(13)14)9-5-7-10(8-6-9)15-4-2/h5-8,11H,3-4H2,1-2H3,(H,13,14)/t11-/m0/s1. The first-order valence-electron chi connectivity index (χ1n) is 5.14. The zero-order chi connectivity index (χ0) is 11.3. The second-order valence-electron chi connectivity index (χ2n) is 3.30. The van der Waals surface area contributed by atoms with Gasteiger partial charge in [0, 0.05) is 0 Å². The molecule has 0 saturated heterocycles. The van der Waals surface area contributed by atoms with Gasteiger partial charge < -0.3 is 9.84 Å². The Balaban J connectivity index is 2.82. The molecule has 0 amide bonds. The Morgan fingerprint density at radius 3 is 2.33 bits per heavy atom. The number of benzene rings is 1. The lowest BCUT2D eigenvalue weighted by Crippen LogP contribution is -2.10. The Hall–Kier alpha value is -1.51. The SMILES string of the molecule is CCOc1ccc([C@H](CC)C(=O)O)cc1. The van der Waals surface area contributed by atoms with Crippen molar-refractivity contribution in [2.24, 2.45) is 0 Å². The topological polar surface area (TPSA) is 46.5 Å². The second-order valence-corrected chi connectivity index (χ2v) is 3.30. The maximum absolute atomic E-state index is 10.9. The minimum absolute atomic E-state index is 0.416. The molecule has 1 aromatic rings. The maximum atomic E-state index is 10.9. The van der Waals surface area contributed by atoms with Gasteiger partial charge in [0.1, 0.15) is 5.75 Å². The van der Waals surface area contributed by atoms with Gasteiger partial charge in [0.15, 0.2) is 0 Å². The number of aliphatic carboxylic acids is 1. The summed E-state index contributed by atoms with van der Waals surface area (Å²) in [6.45, 7) is 4.41. The fourth-order valence-corrected chi connectivity index (χ4v) is 1.52. The molecule has 1 aromatic carbocycles. The Kier molecular flexibility index (Phi) is 4.16. The highest BCUT2D eigenvalue weighted by molar-refractivity contribution is 5.76. The normalized spacial score (nSPS) is 12.1. The predicted molar refractivity (Wildman–Crippen MR) is 58.3 cm³/mol. The monoisotopic (exact) mass is 208 g/mol. The van der Waals surface area contributed by atoms with Crippen LogP contribution in [-0.2, 0) is 4.79 Å². The third kappa shape index (κ3) is 2.98. The van der Waals surface area contributed by atoms with Crippen LogP contribution < -0.4 is 4.74 Å². The van der Waals surface area contributed by atoms with Gasteiger partial charge in [-0.25, -0.2) is 0 Å². The molecule has 0 aromatic heterocycles. The third-order valence-electron chi connectivity index (χ3n) is 2.30. The highest BCUT2D eigenvalue weighted by Gasteiger charge is 2.16. The van der Waals surface area contributed by atoms with E-state index in [9.17, 15) is 4.79 Å². The summed E-state index contributed by atoms with van der Waals surface area (Å²) in [7, 11) is 0. The van der Waals surface area contributed by atoms with Gasteiger partial charge >= 0.3 is 5.97 Å². The van der Waals surface area contributed by atoms with E-state index < -0.39 is 11.9 Å². The van der Waals surface area contributed by atoms with Crippen molar-refractivity contribution >= 4 is 5.97 Å². The van der Waals surface area contributed by atoms with Crippen molar-refractivity contribution in [1.29, 1.82) is 0 Å². The molecule has 3 nitrogen and oxygen atoms in total. The van der Waals surface area contributed by atoms with E-state index >= 15 is 0 Å². The molecule has 0 spiro atoms. The lowest BCUT2D eigenvalue weighted by molar-refractivity contribution is -0.138. The molecule has 0 fully saturated rings. The van der Waals surface area contributed by atoms with E-state index in [1.165, 1.54) is 0 Å². The maximum Gasteiger partial charge on any atom is 0.310 e. The molecule has 0 unspecified atom stereocenters. The van der Waals surface area contributed by atoms with Gasteiger partial charge in [0.25, 0.3) is 0 Å². The van der Waals surface area contributed by atoms with E-state index in [-0.39, 0.29) is 0 Å². The van der Waals surface area contributed by atoms with Crippen LogP contribution in [0.2, 0.25) is 0 Å². The van der Waals surface area contributed by atoms with E-state index in [1.807, 2.05) is 38.1 Å². The first-order chi connectivity index (χ1) is 7.19. The van der Waals surface area contributed by atoms with E-state index in [1.54, 1.807) is 0 Å². The van der Waals surface area contributed by atoms with Crippen LogP contribution in [0, 0.1) is 0 Å². The first kappa shape index (κ1) is 11.6. The largest absolute Gasteiger partial charge is 0.494 e. The average Bonchev–Trinajstić information content (AvgIpc) is 2.21. The highest BCUT2D eigenvalue weighted by atomic mass is 16.5. The van der Waals surface area contributed by atoms with Crippen molar-refractivity contribution in [1.82, 2.24) is 0 Å². The van der Waals surface area contributed by atoms with E-state index in [0.29, 0.717) is 13.0 Å². The van der Waals surface area contributed by atoms with Crippen LogP contribution in [0.15, 0.2) is 24.3 Å². The van der Waals surface area contributed by atoms with Gasteiger partial charge in [-0.3, -0.25) is 4.79 Å². The van der Waals surface area contributed by atoms with Gasteiger partial charge in [0.2, 0.25) is 0 Å². The lowest BCUT2D eigenvalue weighted by atomic mass is 9.97. The van der Waals surface area contributed by atoms with Gasteiger partial charge in [-0.05, 0) is 31.0 Å². The van der Waals surface area contributed by atoms with Crippen molar-refractivity contribution in [3.63, 3.8) is 0 Å². The number of ether oxygens (including phenoxy) is 1. The highest BCUT2D eigenvalue weighted by Crippen LogP contribution is 2.22. The summed E-state index contributed by atoms with van der Waals surface area (Å²) in [6.07, 6.45) is 0.601. The molecule has 1 rings (SSSR count). The van der Waals surface area contributed by atoms with Gasteiger partial charge in [-0.15, -0.1) is 0 Å². The molecule has 0 heterocycles. The predicted octanol–water partition coefficient (Wildman–Crippen LogP) is 2.66. The zero-order valence-corrected chi connectivity index (χ0v) is 9.06. The summed E-state index contributed by atoms with van der Waals surface area (Å²) in [5, 5.41) is 8.97. The fourth-order valence-electron chi connectivity index (χ4n) is 1.52. The summed E-state index contributed by atoms with van der Waals surface area (Å²) in [5.74, 6) is -0.413. The zero-order valence-electron chi connectivity index (χ0n) is 9.06. The third-order valence-corrected chi connectivity index (χ3v) is 2.30. The number of carbonyl (C=O) groups is 1. The first-order valence-corrected chi connectivity index (χ1v) is 5.14. The number of hydrogen-bond donors (Lipinski definition) is 1. The fraction of sp³-hybridized carbons (Fsp3) is 0.417. The molecular weight excluding hydrogens is 192 g/mol. The molecule has 1 atom stereocenters. The Bertz CT molecular complexity index is 316. The molecule has 0 radical (unpaired) electrons. The van der Waals surface area contributed by atoms with E-state index in [0.717, 1.165) is 11.3 Å². The van der Waals surface area contributed by atoms with Crippen molar-refractivity contribution < 1.29 is 14.6 Å². The number of carboxylic acids is 1. The van der Waals surface area contributed by atoms with Crippen LogP contribution in [0.5, 0.6) is 5.75 Å². The summed E-state index contributed by atoms with van der Waals surface area (Å²) >= 11 is 0. The minimum Gasteiger partial charge on any atom is -0.494 e. The van der Waals surface area contributed by atoms with E-state index in [2.05, 4.69) is 0 Å². The molecule has 1 N–H and O–H groups in total. The Morgan fingerprint density at radius 1 is 1.33 bits per heavy atom. The van der Waals surface area contributed by atoms with Gasteiger partial charge in [-0.2, -0.15) is 0 Å². The molecule has 0 aliphatic carbocycles. The van der Waals surface area contributed by atoms with Crippen molar-refractivity contribution in [2.45, 2.75) is 26.2 Å². The molecule has 82 valence electrons. The van der Waals surface area contributed by atoms with Crippen LogP contribution in [0.4, 0.5) is 0 Å². The summed E-state index contributed by atoms with van der Waals surface area (Å²) in [4.78, 5) is 10.9. The smallest absolute Gasteiger partial charge is 0.310 e. The molecule has 0 aliphatic rings. The summed E-state index contributed by atoms with van der Waals surface area (Å²) in [5.41, 5.74) is 0.827. The number of rotatable bonds is 5. The number of hydrogen-bond acceptors (Lipinski definition) is 2. The summed E-state index contributed by atoms with van der Waals surface area (Å²) in [6, 6.07) is 7.25. The molecule has 0 aliphatic heterocycles. The van der Waals surface area contributed by atoms with Gasteiger partial charge in [-0.1, -0.05) is 19.1 Å². The molecule has 15 heavy (non-hydrogen) atoms. The minimum atomic E-state index is -0.776. The lowest BCUT2D eigenvalue weighted by Gasteiger charge is -2.10. The van der Waals surface area contributed by atoms with Crippen LogP contribution in [0.25, 0.3) is 0 Å². The van der Waals surface area contributed by atoms with Crippen LogP contribution in [0.3, 0.4) is 0 Å². The Labute approximate surface area is 89.7 Å². The Morgan fingerprint density at radius 2 is 1.93 bits per heavy atom. The number of carboxylic acid groups (broad SMARTS) is 1. The molecule has 3 heteroatoms. The van der Waals surface area contributed by atoms with Crippen LogP contribution >= 0.6 is 0 Å². The second kappa shape index (κ2) is 5.39. The quantitative estimate of drug-likeness (QED) is 0.809. The molecular formula is C12H16O3. The average molecular weight is 208 g/mol. The van der Waals surface area contributed by atoms with Gasteiger partial charge in [0.05, 0.1) is 12.5 Å².